The van der Waals surface area contributed by atoms with E-state index in [0.717, 1.165) is 18.0 Å². The molecule has 12 heteroatoms. The van der Waals surface area contributed by atoms with Gasteiger partial charge in [0.05, 0.1) is 24.3 Å². The van der Waals surface area contributed by atoms with Crippen LogP contribution < -0.4 is 4.90 Å². The second-order valence-electron chi connectivity index (χ2n) is 6.38. The van der Waals surface area contributed by atoms with Gasteiger partial charge in [0.25, 0.3) is 11.8 Å². The van der Waals surface area contributed by atoms with E-state index in [0.29, 0.717) is 5.69 Å². The number of carbonyl (C=O) groups is 1. The molecule has 29 heavy (non-hydrogen) atoms. The number of hydrogen-bond acceptors (Lipinski definition) is 6. The first-order chi connectivity index (χ1) is 13.8. The van der Waals surface area contributed by atoms with Crippen molar-refractivity contribution < 1.29 is 23.2 Å². The molecule has 2 aromatic rings. The summed E-state index contributed by atoms with van der Waals surface area (Å²) in [6.45, 7) is 1.86. The molecule has 1 unspecified atom stereocenters. The van der Waals surface area contributed by atoms with Gasteiger partial charge in [-0.3, -0.25) is 9.78 Å². The summed E-state index contributed by atoms with van der Waals surface area (Å²) in [4.78, 5) is 17.8. The average Bonchev–Trinajstić information content (AvgIpc) is 3.10. The number of alkyl halides is 2. The molecule has 3 rings (SSSR count). The fourth-order valence-corrected chi connectivity index (χ4v) is 4.01. The van der Waals surface area contributed by atoms with Gasteiger partial charge in [0.15, 0.2) is 10.9 Å². The molecule has 1 fully saturated rings. The minimum atomic E-state index is -2.64. The Bertz CT molecular complexity index is 940. The van der Waals surface area contributed by atoms with E-state index in [1.165, 1.54) is 28.0 Å². The van der Waals surface area contributed by atoms with Gasteiger partial charge in [0.1, 0.15) is 11.5 Å². The first-order valence-corrected chi connectivity index (χ1v) is 10.1. The van der Waals surface area contributed by atoms with Crippen LogP contribution in [-0.4, -0.2) is 55.6 Å². The molecule has 1 aliphatic carbocycles. The minimum Gasteiger partial charge on any atom is -0.410 e. The third-order valence-corrected chi connectivity index (χ3v) is 5.72. The van der Waals surface area contributed by atoms with E-state index in [1.54, 1.807) is 6.92 Å². The molecule has 0 saturated heterocycles. The molecule has 0 bridgehead atoms. The average molecular weight is 448 g/mol. The van der Waals surface area contributed by atoms with Crippen LogP contribution in [0.1, 0.15) is 13.3 Å². The van der Waals surface area contributed by atoms with Crippen molar-refractivity contribution in [1.29, 1.82) is 0 Å². The van der Waals surface area contributed by atoms with E-state index >= 15 is 0 Å². The summed E-state index contributed by atoms with van der Waals surface area (Å²) >= 11 is 7.25. The van der Waals surface area contributed by atoms with Crippen LogP contribution in [-0.2, 0) is 4.79 Å². The van der Waals surface area contributed by atoms with Crippen molar-refractivity contribution in [2.24, 2.45) is 11.1 Å². The van der Waals surface area contributed by atoms with Gasteiger partial charge in [-0.05, 0) is 6.92 Å². The zero-order chi connectivity index (χ0) is 21.2. The van der Waals surface area contributed by atoms with E-state index in [1.807, 2.05) is 0 Å². The maximum Gasteiger partial charge on any atom is 0.277 e. The lowest BCUT2D eigenvalue weighted by Crippen LogP contribution is -2.37. The Kier molecular flexibility index (Phi) is 6.37. The lowest BCUT2D eigenvalue weighted by atomic mass is 10.3. The predicted octanol–water partition coefficient (Wildman–Crippen LogP) is 3.63. The molecule has 1 saturated carbocycles. The fraction of sp³-hybridized carbons (Fsp3) is 0.412. The third-order valence-electron chi connectivity index (χ3n) is 4.34. The van der Waals surface area contributed by atoms with Gasteiger partial charge in [-0.25, -0.2) is 17.9 Å². The van der Waals surface area contributed by atoms with Gasteiger partial charge in [0, 0.05) is 36.5 Å². The van der Waals surface area contributed by atoms with Gasteiger partial charge < -0.3 is 10.1 Å². The van der Waals surface area contributed by atoms with Gasteiger partial charge in [-0.15, -0.1) is 0 Å². The van der Waals surface area contributed by atoms with Crippen LogP contribution in [0.25, 0.3) is 5.69 Å². The first-order valence-electron chi connectivity index (χ1n) is 8.61. The zero-order valence-electron chi connectivity index (χ0n) is 15.2. The Morgan fingerprint density at radius 1 is 1.52 bits per heavy atom. The van der Waals surface area contributed by atoms with Gasteiger partial charge in [-0.2, -0.15) is 16.9 Å². The molecule has 1 aliphatic rings. The molecular formula is C17H17ClF3N5O2S. The molecule has 0 aromatic carbocycles. The van der Waals surface area contributed by atoms with Crippen LogP contribution in [0.15, 0.2) is 29.8 Å². The number of nitrogens with zero attached hydrogens (tertiary/aromatic N) is 5. The summed E-state index contributed by atoms with van der Waals surface area (Å²) in [7, 11) is 0. The lowest BCUT2D eigenvalue weighted by molar-refractivity contribution is -0.112. The summed E-state index contributed by atoms with van der Waals surface area (Å²) in [5.74, 6) is -4.42. The number of thioether (sulfide) groups is 1. The highest BCUT2D eigenvalue weighted by molar-refractivity contribution is 8.00. The number of pyridine rings is 1. The van der Waals surface area contributed by atoms with Crippen molar-refractivity contribution in [3.8, 4) is 5.69 Å². The number of rotatable bonds is 8. The summed E-state index contributed by atoms with van der Waals surface area (Å²) in [6.07, 6.45) is 3.67. The maximum atomic E-state index is 13.4. The monoisotopic (exact) mass is 447 g/mol. The van der Waals surface area contributed by atoms with Crippen LogP contribution in [0.2, 0.25) is 5.15 Å². The first kappa shape index (κ1) is 21.4. The molecule has 1 N–H and O–H groups in total. The van der Waals surface area contributed by atoms with Crippen LogP contribution in [0.5, 0.6) is 0 Å². The van der Waals surface area contributed by atoms with Crippen LogP contribution in [0, 0.1) is 11.7 Å². The Morgan fingerprint density at radius 3 is 2.83 bits per heavy atom. The number of halogens is 4. The Labute approximate surface area is 173 Å². The maximum absolute atomic E-state index is 13.4. The highest BCUT2D eigenvalue weighted by Crippen LogP contribution is 2.50. The Morgan fingerprint density at radius 2 is 2.24 bits per heavy atom. The normalized spacial score (nSPS) is 18.0. The van der Waals surface area contributed by atoms with E-state index in [9.17, 15) is 23.2 Å². The van der Waals surface area contributed by atoms with Gasteiger partial charge >= 0.3 is 0 Å². The summed E-state index contributed by atoms with van der Waals surface area (Å²) in [5.41, 5.74) is 0.332. The minimum absolute atomic E-state index is 0.0213. The van der Waals surface area contributed by atoms with Crippen molar-refractivity contribution in [3.63, 3.8) is 0 Å². The number of anilines is 1. The van der Waals surface area contributed by atoms with Crippen molar-refractivity contribution in [3.05, 3.63) is 35.6 Å². The molecule has 7 nitrogen and oxygen atoms in total. The Hall–Kier alpha value is -2.27. The molecule has 2 aromatic heterocycles. The molecular weight excluding hydrogens is 431 g/mol. The quantitative estimate of drug-likeness (QED) is 0.379. The summed E-state index contributed by atoms with van der Waals surface area (Å²) < 4.78 is 40.6. The second-order valence-corrected chi connectivity index (χ2v) is 7.77. The molecule has 1 amide bonds. The second kappa shape index (κ2) is 8.62. The number of hydrogen-bond donors (Lipinski definition) is 1. The molecule has 1 atom stereocenters. The standard InChI is InChI=1S/C17H17ClF3N5O2S/c1-2-25(16(27)13(24-28)9-29-8-10-4-17(10,20)21)14-7-26(23-15(14)18)12-3-11(19)5-22-6-12/h3,5-7,10,28H,2,4,8-9H2,1H3/b24-13-. The highest BCUT2D eigenvalue weighted by Gasteiger charge is 2.56. The van der Waals surface area contributed by atoms with Crippen LogP contribution in [0.4, 0.5) is 18.9 Å². The molecule has 156 valence electrons. The van der Waals surface area contributed by atoms with Gasteiger partial charge in [0.2, 0.25) is 0 Å². The molecule has 0 spiro atoms. The van der Waals surface area contributed by atoms with Gasteiger partial charge in [-0.1, -0.05) is 16.8 Å². The molecule has 2 heterocycles. The van der Waals surface area contributed by atoms with Crippen LogP contribution in [0.3, 0.4) is 0 Å². The van der Waals surface area contributed by atoms with E-state index in [4.69, 9.17) is 11.6 Å². The van der Waals surface area contributed by atoms with E-state index in [-0.39, 0.29) is 41.0 Å². The number of oxime groups is 1. The summed E-state index contributed by atoms with van der Waals surface area (Å²) in [5, 5.41) is 16.3. The Balaban J connectivity index is 1.73. The topological polar surface area (TPSA) is 83.6 Å². The highest BCUT2D eigenvalue weighted by atomic mass is 35.5. The third kappa shape index (κ3) is 4.84. The largest absolute Gasteiger partial charge is 0.410 e. The van der Waals surface area contributed by atoms with Crippen molar-refractivity contribution in [2.75, 3.05) is 23.0 Å². The molecule has 0 radical (unpaired) electrons. The van der Waals surface area contributed by atoms with E-state index < -0.39 is 23.6 Å². The van der Waals surface area contributed by atoms with Crippen molar-refractivity contribution in [1.82, 2.24) is 14.8 Å². The summed E-state index contributed by atoms with van der Waals surface area (Å²) in [6, 6.07) is 1.20. The molecule has 0 aliphatic heterocycles. The van der Waals surface area contributed by atoms with E-state index in [2.05, 4.69) is 15.2 Å². The van der Waals surface area contributed by atoms with Crippen LogP contribution >= 0.6 is 23.4 Å². The fourth-order valence-electron chi connectivity index (χ4n) is 2.64. The smallest absolute Gasteiger partial charge is 0.277 e. The number of amides is 1. The lowest BCUT2D eigenvalue weighted by Gasteiger charge is -2.19. The predicted molar refractivity (Wildman–Crippen MR) is 104 cm³/mol. The SMILES string of the molecule is CCN(C(=O)/C(CSCC1CC1(F)F)=N\O)c1cn(-c2cncc(F)c2)nc1Cl. The number of aromatic nitrogens is 3. The number of carbonyl (C=O) groups excluding carboxylic acids is 1. The zero-order valence-corrected chi connectivity index (χ0v) is 16.8. The van der Waals surface area contributed by atoms with Crippen molar-refractivity contribution >= 4 is 40.7 Å². The van der Waals surface area contributed by atoms with Crippen molar-refractivity contribution in [2.45, 2.75) is 19.3 Å².